The molecule has 1 N–H and O–H groups in total. The fourth-order valence-electron chi connectivity index (χ4n) is 2.45. The number of nitrogens with one attached hydrogen (secondary N) is 1. The molecule has 1 fully saturated rings. The van der Waals surface area contributed by atoms with Gasteiger partial charge in [0.1, 0.15) is 0 Å². The van der Waals surface area contributed by atoms with Crippen LogP contribution in [0.15, 0.2) is 36.7 Å². The monoisotopic (exact) mass is 293 g/mol. The lowest BCUT2D eigenvalue weighted by Crippen LogP contribution is -2.14. The molecule has 110 valence electrons. The zero-order valence-corrected chi connectivity index (χ0v) is 11.2. The fraction of sp³-hybridized carbons (Fsp3) is 0.333. The molecule has 6 heteroatoms. The van der Waals surface area contributed by atoms with Gasteiger partial charge >= 0.3 is 6.18 Å². The van der Waals surface area contributed by atoms with Gasteiger partial charge in [0.2, 0.25) is 0 Å². The van der Waals surface area contributed by atoms with E-state index in [2.05, 4.69) is 15.3 Å². The smallest absolute Gasteiger partial charge is 0.309 e. The predicted octanol–water partition coefficient (Wildman–Crippen LogP) is 3.59. The highest BCUT2D eigenvalue weighted by Crippen LogP contribution is 2.31. The lowest BCUT2D eigenvalue weighted by Gasteiger charge is -2.11. The summed E-state index contributed by atoms with van der Waals surface area (Å²) in [7, 11) is 0. The third-order valence-corrected chi connectivity index (χ3v) is 3.58. The molecule has 1 aromatic heterocycles. The zero-order chi connectivity index (χ0) is 14.9. The molecule has 2 aromatic rings. The van der Waals surface area contributed by atoms with Crippen LogP contribution in [0.25, 0.3) is 11.3 Å². The molecule has 2 heterocycles. The molecule has 0 saturated carbocycles. The van der Waals surface area contributed by atoms with Crippen LogP contribution in [-0.2, 0) is 6.18 Å². The van der Waals surface area contributed by atoms with E-state index in [0.717, 1.165) is 37.2 Å². The summed E-state index contributed by atoms with van der Waals surface area (Å²) in [5.41, 5.74) is 1.41. The Labute approximate surface area is 120 Å². The third kappa shape index (κ3) is 3.05. The van der Waals surface area contributed by atoms with Crippen LogP contribution in [0.1, 0.15) is 30.1 Å². The molecule has 0 amide bonds. The van der Waals surface area contributed by atoms with Crippen LogP contribution in [0.5, 0.6) is 0 Å². The van der Waals surface area contributed by atoms with Gasteiger partial charge in [-0.2, -0.15) is 13.2 Å². The molecule has 0 aliphatic carbocycles. The summed E-state index contributed by atoms with van der Waals surface area (Å²) in [6, 6.07) is 5.18. The van der Waals surface area contributed by atoms with E-state index in [0.29, 0.717) is 11.3 Å². The van der Waals surface area contributed by atoms with E-state index in [4.69, 9.17) is 0 Å². The minimum absolute atomic E-state index is 0.187. The minimum atomic E-state index is -4.32. The van der Waals surface area contributed by atoms with Crippen LogP contribution in [-0.4, -0.2) is 16.5 Å². The van der Waals surface area contributed by atoms with E-state index >= 15 is 0 Å². The Bertz CT molecular complexity index is 617. The van der Waals surface area contributed by atoms with Gasteiger partial charge in [-0.1, -0.05) is 12.1 Å². The first-order valence-corrected chi connectivity index (χ1v) is 6.77. The van der Waals surface area contributed by atoms with Crippen molar-refractivity contribution in [1.82, 2.24) is 15.3 Å². The normalized spacial score (nSPS) is 18.9. The van der Waals surface area contributed by atoms with Crippen molar-refractivity contribution in [3.8, 4) is 11.3 Å². The van der Waals surface area contributed by atoms with Crippen molar-refractivity contribution in [2.24, 2.45) is 0 Å². The maximum atomic E-state index is 12.6. The van der Waals surface area contributed by atoms with Gasteiger partial charge in [0.25, 0.3) is 0 Å². The van der Waals surface area contributed by atoms with Crippen molar-refractivity contribution < 1.29 is 13.2 Å². The highest BCUT2D eigenvalue weighted by molar-refractivity contribution is 5.58. The molecular weight excluding hydrogens is 279 g/mol. The summed E-state index contributed by atoms with van der Waals surface area (Å²) < 4.78 is 37.7. The summed E-state index contributed by atoms with van der Waals surface area (Å²) in [6.07, 6.45) is 1.05. The van der Waals surface area contributed by atoms with E-state index in [1.807, 2.05) is 0 Å². The van der Waals surface area contributed by atoms with Crippen LogP contribution >= 0.6 is 0 Å². The topological polar surface area (TPSA) is 37.8 Å². The second-order valence-electron chi connectivity index (χ2n) is 5.05. The molecule has 21 heavy (non-hydrogen) atoms. The maximum absolute atomic E-state index is 12.6. The largest absolute Gasteiger partial charge is 0.416 e. The first kappa shape index (κ1) is 14.0. The van der Waals surface area contributed by atoms with Crippen molar-refractivity contribution in [2.45, 2.75) is 25.1 Å². The van der Waals surface area contributed by atoms with Crippen molar-refractivity contribution in [2.75, 3.05) is 6.54 Å². The third-order valence-electron chi connectivity index (χ3n) is 3.58. The lowest BCUT2D eigenvalue weighted by molar-refractivity contribution is -0.137. The van der Waals surface area contributed by atoms with Crippen molar-refractivity contribution in [3.63, 3.8) is 0 Å². The van der Waals surface area contributed by atoms with Crippen molar-refractivity contribution in [1.29, 1.82) is 0 Å². The average Bonchev–Trinajstić information content (AvgIpc) is 3.01. The van der Waals surface area contributed by atoms with Gasteiger partial charge in [0.15, 0.2) is 0 Å². The first-order chi connectivity index (χ1) is 10.0. The average molecular weight is 293 g/mol. The fourth-order valence-corrected chi connectivity index (χ4v) is 2.45. The molecule has 1 aliphatic heterocycles. The number of benzene rings is 1. The second-order valence-corrected chi connectivity index (χ2v) is 5.05. The number of aromatic nitrogens is 2. The van der Waals surface area contributed by atoms with Crippen molar-refractivity contribution in [3.05, 3.63) is 47.9 Å². The molecule has 1 aromatic carbocycles. The summed E-state index contributed by atoms with van der Waals surface area (Å²) >= 11 is 0. The van der Waals surface area contributed by atoms with Gasteiger partial charge in [-0.25, -0.2) is 4.98 Å². The molecule has 0 bridgehead atoms. The Morgan fingerprint density at radius 3 is 2.48 bits per heavy atom. The van der Waals surface area contributed by atoms with Gasteiger partial charge in [-0.3, -0.25) is 4.98 Å². The zero-order valence-electron chi connectivity index (χ0n) is 11.2. The van der Waals surface area contributed by atoms with Crippen LogP contribution in [0, 0.1) is 0 Å². The predicted molar refractivity (Wildman–Crippen MR) is 72.4 cm³/mol. The van der Waals surface area contributed by atoms with Crippen molar-refractivity contribution >= 4 is 0 Å². The second kappa shape index (κ2) is 5.44. The van der Waals surface area contributed by atoms with Gasteiger partial charge in [-0.15, -0.1) is 0 Å². The molecule has 0 radical (unpaired) electrons. The number of hydrogen-bond acceptors (Lipinski definition) is 3. The van der Waals surface area contributed by atoms with E-state index < -0.39 is 11.7 Å². The number of halogens is 3. The molecule has 1 saturated heterocycles. The summed E-state index contributed by atoms with van der Waals surface area (Å²) in [5, 5.41) is 3.33. The number of hydrogen-bond donors (Lipinski definition) is 1. The van der Waals surface area contributed by atoms with E-state index in [9.17, 15) is 13.2 Å². The Morgan fingerprint density at radius 2 is 1.86 bits per heavy atom. The maximum Gasteiger partial charge on any atom is 0.416 e. The Hall–Kier alpha value is -1.95. The van der Waals surface area contributed by atoms with Crippen LogP contribution in [0.3, 0.4) is 0 Å². The minimum Gasteiger partial charge on any atom is -0.309 e. The Balaban J connectivity index is 1.88. The molecule has 1 aliphatic rings. The first-order valence-electron chi connectivity index (χ1n) is 6.77. The number of alkyl halides is 3. The molecule has 1 atom stereocenters. The SMILES string of the molecule is FC(F)(F)c1ccc(-c2cncc(C3CCCN3)n2)cc1. The van der Waals surface area contributed by atoms with Gasteiger partial charge in [-0.05, 0) is 31.5 Å². The number of rotatable bonds is 2. The highest BCUT2D eigenvalue weighted by atomic mass is 19.4. The summed E-state index contributed by atoms with van der Waals surface area (Å²) in [6.45, 7) is 0.955. The quantitative estimate of drug-likeness (QED) is 0.919. The highest BCUT2D eigenvalue weighted by Gasteiger charge is 2.30. The van der Waals surface area contributed by atoms with E-state index in [1.165, 1.54) is 12.1 Å². The Kier molecular flexibility index (Phi) is 3.63. The van der Waals surface area contributed by atoms with Crippen LogP contribution in [0.4, 0.5) is 13.2 Å². The van der Waals surface area contributed by atoms with Gasteiger partial charge in [0.05, 0.1) is 35.4 Å². The summed E-state index contributed by atoms with van der Waals surface area (Å²) in [4.78, 5) is 8.66. The lowest BCUT2D eigenvalue weighted by atomic mass is 10.1. The molecule has 3 rings (SSSR count). The Morgan fingerprint density at radius 1 is 1.10 bits per heavy atom. The van der Waals surface area contributed by atoms with Crippen LogP contribution in [0.2, 0.25) is 0 Å². The molecular formula is C15H14F3N3. The van der Waals surface area contributed by atoms with Crippen LogP contribution < -0.4 is 5.32 Å². The van der Waals surface area contributed by atoms with E-state index in [-0.39, 0.29) is 6.04 Å². The molecule has 1 unspecified atom stereocenters. The van der Waals surface area contributed by atoms with Gasteiger partial charge in [0, 0.05) is 5.56 Å². The van der Waals surface area contributed by atoms with Gasteiger partial charge < -0.3 is 5.32 Å². The summed E-state index contributed by atoms with van der Waals surface area (Å²) in [5.74, 6) is 0. The number of nitrogens with zero attached hydrogens (tertiary/aromatic N) is 2. The molecule has 3 nitrogen and oxygen atoms in total. The van der Waals surface area contributed by atoms with E-state index in [1.54, 1.807) is 12.4 Å². The standard InChI is InChI=1S/C15H14F3N3/c16-15(17,18)11-5-3-10(4-6-11)13-8-19-9-14(21-13)12-2-1-7-20-12/h3-6,8-9,12,20H,1-2,7H2. The molecule has 0 spiro atoms.